The first-order valence-corrected chi connectivity index (χ1v) is 12.8. The molecule has 3 aromatic rings. The van der Waals surface area contributed by atoms with Crippen LogP contribution in [0.25, 0.3) is 10.9 Å². The Morgan fingerprint density at radius 2 is 1.72 bits per heavy atom. The van der Waals surface area contributed by atoms with E-state index in [-0.39, 0.29) is 17.4 Å². The topological polar surface area (TPSA) is 62.3 Å². The number of hydrogen-bond acceptors (Lipinski definition) is 3. The lowest BCUT2D eigenvalue weighted by Crippen LogP contribution is -2.47. The molecular formula is C31H35N3O2. The molecule has 4 rings (SSSR count). The Kier molecular flexibility index (Phi) is 7.74. The number of aromatic nitrogens is 1. The van der Waals surface area contributed by atoms with E-state index in [0.29, 0.717) is 11.3 Å². The van der Waals surface area contributed by atoms with Gasteiger partial charge in [-0.2, -0.15) is 0 Å². The number of anilines is 1. The number of carbonyl (C=O) groups excluding carboxylic acids is 2. The fourth-order valence-corrected chi connectivity index (χ4v) is 4.86. The Bertz CT molecular complexity index is 1290. The fourth-order valence-electron chi connectivity index (χ4n) is 4.86. The quantitative estimate of drug-likeness (QED) is 0.449. The second-order valence-electron chi connectivity index (χ2n) is 10.6. The van der Waals surface area contributed by atoms with Crippen LogP contribution in [0.3, 0.4) is 0 Å². The molecule has 1 heterocycles. The molecule has 0 radical (unpaired) electrons. The molecule has 1 atom stereocenters. The molecule has 1 unspecified atom stereocenters. The molecule has 5 nitrogen and oxygen atoms in total. The minimum atomic E-state index is -0.891. The molecule has 1 saturated carbocycles. The van der Waals surface area contributed by atoms with Gasteiger partial charge < -0.3 is 5.32 Å². The Labute approximate surface area is 214 Å². The third kappa shape index (κ3) is 5.76. The van der Waals surface area contributed by atoms with Crippen molar-refractivity contribution in [2.45, 2.75) is 77.3 Å². The Morgan fingerprint density at radius 3 is 2.39 bits per heavy atom. The van der Waals surface area contributed by atoms with Crippen LogP contribution in [-0.4, -0.2) is 22.8 Å². The Morgan fingerprint density at radius 1 is 1.03 bits per heavy atom. The highest BCUT2D eigenvalue weighted by atomic mass is 16.2. The number of carbonyl (C=O) groups is 2. The summed E-state index contributed by atoms with van der Waals surface area (Å²) in [6.07, 6.45) is 7.02. The number of rotatable bonds is 5. The number of benzene rings is 2. The number of para-hydroxylation sites is 1. The van der Waals surface area contributed by atoms with Crippen LogP contribution >= 0.6 is 0 Å². The van der Waals surface area contributed by atoms with Gasteiger partial charge in [0, 0.05) is 28.9 Å². The number of nitrogens with zero attached hydrogens (tertiary/aromatic N) is 2. The van der Waals surface area contributed by atoms with Crippen LogP contribution in [0, 0.1) is 11.8 Å². The number of amides is 2. The van der Waals surface area contributed by atoms with Gasteiger partial charge in [0.15, 0.2) is 0 Å². The predicted molar refractivity (Wildman–Crippen MR) is 146 cm³/mol. The lowest BCUT2D eigenvalue weighted by Gasteiger charge is -2.32. The molecule has 2 aromatic carbocycles. The van der Waals surface area contributed by atoms with Gasteiger partial charge in [0.2, 0.25) is 5.91 Å². The molecule has 0 aliphatic heterocycles. The highest BCUT2D eigenvalue weighted by molar-refractivity contribution is 6.10. The first kappa shape index (κ1) is 25.4. The van der Waals surface area contributed by atoms with Gasteiger partial charge in [-0.3, -0.25) is 19.5 Å². The van der Waals surface area contributed by atoms with Crippen molar-refractivity contribution in [2.24, 2.45) is 0 Å². The van der Waals surface area contributed by atoms with E-state index in [1.54, 1.807) is 13.1 Å². The van der Waals surface area contributed by atoms with Crippen LogP contribution in [0.15, 0.2) is 60.8 Å². The van der Waals surface area contributed by atoms with Crippen LogP contribution in [0.1, 0.15) is 77.0 Å². The van der Waals surface area contributed by atoms with Crippen LogP contribution < -0.4 is 10.2 Å². The molecule has 1 aliphatic rings. The van der Waals surface area contributed by atoms with Crippen molar-refractivity contribution < 1.29 is 9.59 Å². The van der Waals surface area contributed by atoms with Crippen LogP contribution in [-0.2, 0) is 15.0 Å². The van der Waals surface area contributed by atoms with Gasteiger partial charge in [-0.25, -0.2) is 0 Å². The van der Waals surface area contributed by atoms with Gasteiger partial charge in [-0.05, 0) is 60.9 Å². The number of hydrogen-bond donors (Lipinski definition) is 1. The molecule has 1 aromatic heterocycles. The summed E-state index contributed by atoms with van der Waals surface area (Å²) in [5.41, 5.74) is 3.25. The van der Waals surface area contributed by atoms with E-state index in [4.69, 9.17) is 0 Å². The van der Waals surface area contributed by atoms with Crippen LogP contribution in [0.4, 0.5) is 5.69 Å². The first-order valence-electron chi connectivity index (χ1n) is 12.8. The summed E-state index contributed by atoms with van der Waals surface area (Å²) < 4.78 is 0. The van der Waals surface area contributed by atoms with E-state index < -0.39 is 11.9 Å². The maximum Gasteiger partial charge on any atom is 0.303 e. The molecule has 186 valence electrons. The molecule has 1 aliphatic carbocycles. The summed E-state index contributed by atoms with van der Waals surface area (Å²) in [6.45, 7) is 8.07. The van der Waals surface area contributed by atoms with Gasteiger partial charge in [0.1, 0.15) is 6.04 Å². The van der Waals surface area contributed by atoms with E-state index in [9.17, 15) is 9.59 Å². The molecular weight excluding hydrogens is 446 g/mol. The number of nitrogens with one attached hydrogen (secondary N) is 1. The third-order valence-corrected chi connectivity index (χ3v) is 6.85. The van der Waals surface area contributed by atoms with Gasteiger partial charge in [-0.15, -0.1) is 0 Å². The Balaban J connectivity index is 1.82. The van der Waals surface area contributed by atoms with Gasteiger partial charge in [0.25, 0.3) is 0 Å². The van der Waals surface area contributed by atoms with E-state index in [1.807, 2.05) is 54.6 Å². The smallest absolute Gasteiger partial charge is 0.303 e. The van der Waals surface area contributed by atoms with E-state index in [1.165, 1.54) is 11.3 Å². The Hall–Kier alpha value is -3.65. The first-order chi connectivity index (χ1) is 17.3. The second-order valence-corrected chi connectivity index (χ2v) is 10.6. The molecule has 1 N–H and O–H groups in total. The molecule has 0 saturated heterocycles. The summed E-state index contributed by atoms with van der Waals surface area (Å²) in [7, 11) is 0. The van der Waals surface area contributed by atoms with E-state index in [0.717, 1.165) is 42.1 Å². The molecule has 0 bridgehead atoms. The summed E-state index contributed by atoms with van der Waals surface area (Å²) in [4.78, 5) is 33.5. The fraction of sp³-hybridized carbons (Fsp3) is 0.387. The van der Waals surface area contributed by atoms with Crippen molar-refractivity contribution in [3.8, 4) is 11.8 Å². The van der Waals surface area contributed by atoms with Gasteiger partial charge in [-0.1, -0.05) is 76.3 Å². The van der Waals surface area contributed by atoms with Crippen molar-refractivity contribution in [1.29, 1.82) is 0 Å². The molecule has 5 heteroatoms. The lowest BCUT2D eigenvalue weighted by atomic mass is 9.87. The van der Waals surface area contributed by atoms with Crippen molar-refractivity contribution in [3.63, 3.8) is 0 Å². The number of pyridine rings is 1. The zero-order valence-electron chi connectivity index (χ0n) is 21.7. The summed E-state index contributed by atoms with van der Waals surface area (Å²) >= 11 is 0. The van der Waals surface area contributed by atoms with Crippen LogP contribution in [0.2, 0.25) is 0 Å². The minimum absolute atomic E-state index is 0.0311. The summed E-state index contributed by atoms with van der Waals surface area (Å²) in [5, 5.41) is 4.16. The third-order valence-electron chi connectivity index (χ3n) is 6.85. The highest BCUT2D eigenvalue weighted by Gasteiger charge is 2.34. The van der Waals surface area contributed by atoms with E-state index in [2.05, 4.69) is 42.9 Å². The van der Waals surface area contributed by atoms with Gasteiger partial charge >= 0.3 is 5.91 Å². The standard InChI is InChI=1S/C31H35N3O2/c1-5-11-28(35)34(26-18-16-24(17-19-26)31(2,3)4)29(30(36)33-25-13-7-6-8-14-25)23-20-22-12-9-10-15-27(22)32-21-23/h9-10,12,15-21,25,29H,6-8,13-14H2,1-4H3,(H,33,36). The average Bonchev–Trinajstić information content (AvgIpc) is 2.87. The highest BCUT2D eigenvalue weighted by Crippen LogP contribution is 2.32. The minimum Gasteiger partial charge on any atom is -0.351 e. The van der Waals surface area contributed by atoms with E-state index >= 15 is 0 Å². The predicted octanol–water partition coefficient (Wildman–Crippen LogP) is 6.08. The monoisotopic (exact) mass is 481 g/mol. The normalized spacial score (nSPS) is 15.0. The van der Waals surface area contributed by atoms with Crippen LogP contribution in [0.5, 0.6) is 0 Å². The molecule has 0 spiro atoms. The average molecular weight is 482 g/mol. The van der Waals surface area contributed by atoms with Crippen molar-refractivity contribution in [1.82, 2.24) is 10.3 Å². The lowest BCUT2D eigenvalue weighted by molar-refractivity contribution is -0.125. The second kappa shape index (κ2) is 11.0. The maximum atomic E-state index is 13.9. The van der Waals surface area contributed by atoms with Crippen molar-refractivity contribution >= 4 is 28.4 Å². The largest absolute Gasteiger partial charge is 0.351 e. The van der Waals surface area contributed by atoms with Gasteiger partial charge in [0.05, 0.1) is 5.52 Å². The number of fused-ring (bicyclic) bond motifs is 1. The maximum absolute atomic E-state index is 13.9. The van der Waals surface area contributed by atoms with Crippen molar-refractivity contribution in [3.05, 3.63) is 71.9 Å². The summed E-state index contributed by atoms with van der Waals surface area (Å²) in [5.74, 6) is 4.77. The van der Waals surface area contributed by atoms with Crippen molar-refractivity contribution in [2.75, 3.05) is 4.90 Å². The molecule has 1 fully saturated rings. The zero-order valence-corrected chi connectivity index (χ0v) is 21.7. The summed E-state index contributed by atoms with van der Waals surface area (Å²) in [6, 6.07) is 16.8. The molecule has 36 heavy (non-hydrogen) atoms. The molecule has 2 amide bonds. The SMILES string of the molecule is CC#CC(=O)N(c1ccc(C(C)(C)C)cc1)C(C(=O)NC1CCCCC1)c1cnc2ccccc2c1. The zero-order chi connectivity index (χ0) is 25.7.